The van der Waals surface area contributed by atoms with E-state index >= 15 is 0 Å². The fourth-order valence-corrected chi connectivity index (χ4v) is 2.93. The number of hydrogen-bond donors (Lipinski definition) is 1. The average Bonchev–Trinajstić information content (AvgIpc) is 3.34. The van der Waals surface area contributed by atoms with Crippen molar-refractivity contribution < 1.29 is 9.53 Å². The Morgan fingerprint density at radius 3 is 2.10 bits per heavy atom. The molecule has 1 atom stereocenters. The summed E-state index contributed by atoms with van der Waals surface area (Å²) >= 11 is 0. The summed E-state index contributed by atoms with van der Waals surface area (Å²) < 4.78 is 4.94. The minimum atomic E-state index is -0.819. The number of nitrogens with two attached hydrogens (primary N) is 1. The van der Waals surface area contributed by atoms with Crippen LogP contribution in [-0.2, 0) is 9.53 Å². The van der Waals surface area contributed by atoms with Gasteiger partial charge >= 0.3 is 5.97 Å². The molecule has 0 amide bonds. The maximum Gasteiger partial charge on any atom is 0.327 e. The summed E-state index contributed by atoms with van der Waals surface area (Å²) in [5.74, 6) is 0.0361. The molecule has 1 saturated carbocycles. The van der Waals surface area contributed by atoms with E-state index in [1.54, 1.807) is 0 Å². The highest BCUT2D eigenvalue weighted by atomic mass is 16.5. The van der Waals surface area contributed by atoms with Gasteiger partial charge in [-0.05, 0) is 57.9 Å². The van der Waals surface area contributed by atoms with E-state index in [9.17, 15) is 4.79 Å². The van der Waals surface area contributed by atoms with E-state index < -0.39 is 5.54 Å². The van der Waals surface area contributed by atoms with Gasteiger partial charge < -0.3 is 20.3 Å². The third-order valence-corrected chi connectivity index (χ3v) is 4.65. The maximum atomic E-state index is 12.1. The minimum absolute atomic E-state index is 0.257. The predicted octanol–water partition coefficient (Wildman–Crippen LogP) is 1.32. The quantitative estimate of drug-likeness (QED) is 0.583. The Hall–Kier alpha value is -0.650. The van der Waals surface area contributed by atoms with Crippen molar-refractivity contribution in [3.63, 3.8) is 0 Å². The summed E-state index contributed by atoms with van der Waals surface area (Å²) in [6.45, 7) is 12.3. The monoisotopic (exact) mass is 299 g/mol. The van der Waals surface area contributed by atoms with E-state index in [0.29, 0.717) is 12.5 Å². The van der Waals surface area contributed by atoms with E-state index in [1.165, 1.54) is 7.11 Å². The molecule has 0 aromatic rings. The molecule has 0 bridgehead atoms. The molecule has 21 heavy (non-hydrogen) atoms. The number of carbonyl (C=O) groups is 1. The number of likely N-dealkylation sites (N-methyl/N-ethyl adjacent to an activating group) is 1. The first-order valence-corrected chi connectivity index (χ1v) is 8.33. The minimum Gasteiger partial charge on any atom is -0.468 e. The van der Waals surface area contributed by atoms with Crippen LogP contribution in [0.2, 0.25) is 0 Å². The maximum absolute atomic E-state index is 12.1. The van der Waals surface area contributed by atoms with Gasteiger partial charge in [0.1, 0.15) is 5.54 Å². The van der Waals surface area contributed by atoms with E-state index in [0.717, 1.165) is 52.0 Å². The lowest BCUT2D eigenvalue weighted by Crippen LogP contribution is -2.58. The number of nitrogens with zero attached hydrogens (tertiary/aromatic N) is 2. The van der Waals surface area contributed by atoms with Gasteiger partial charge in [-0.3, -0.25) is 4.79 Å². The number of methoxy groups -OCH3 is 1. The van der Waals surface area contributed by atoms with Crippen LogP contribution in [0.1, 0.15) is 40.0 Å². The van der Waals surface area contributed by atoms with E-state index in [1.807, 2.05) is 0 Å². The zero-order valence-electron chi connectivity index (χ0n) is 14.2. The number of esters is 1. The third kappa shape index (κ3) is 5.24. The van der Waals surface area contributed by atoms with E-state index in [2.05, 4.69) is 30.6 Å². The molecular weight excluding hydrogens is 266 g/mol. The van der Waals surface area contributed by atoms with Crippen molar-refractivity contribution in [2.45, 2.75) is 45.6 Å². The van der Waals surface area contributed by atoms with Crippen LogP contribution in [-0.4, -0.2) is 67.7 Å². The molecule has 1 rings (SSSR count). The molecule has 0 radical (unpaired) electrons. The highest BCUT2D eigenvalue weighted by Crippen LogP contribution is 2.39. The van der Waals surface area contributed by atoms with Crippen molar-refractivity contribution in [1.29, 1.82) is 0 Å². The number of ether oxygens (including phenoxy) is 1. The van der Waals surface area contributed by atoms with Crippen molar-refractivity contribution in [3.05, 3.63) is 0 Å². The summed E-state index contributed by atoms with van der Waals surface area (Å²) in [7, 11) is 1.43. The highest BCUT2D eigenvalue weighted by Gasteiger charge is 2.49. The molecule has 1 aliphatic carbocycles. The standard InChI is InChI=1S/C16H33N3O2/c1-5-18(6-2)11-8-12-19(7-3)13-16(17,14-9-10-14)15(20)21-4/h14H,5-13,17H2,1-4H3. The molecule has 0 saturated heterocycles. The van der Waals surface area contributed by atoms with Crippen molar-refractivity contribution in [3.8, 4) is 0 Å². The van der Waals surface area contributed by atoms with Crippen molar-refractivity contribution >= 4 is 5.97 Å². The molecule has 124 valence electrons. The number of rotatable bonds is 11. The Morgan fingerprint density at radius 2 is 1.67 bits per heavy atom. The Balaban J connectivity index is 2.49. The van der Waals surface area contributed by atoms with Gasteiger partial charge in [-0.15, -0.1) is 0 Å². The van der Waals surface area contributed by atoms with Crippen LogP contribution in [0.15, 0.2) is 0 Å². The average molecular weight is 299 g/mol. The molecule has 1 fully saturated rings. The van der Waals surface area contributed by atoms with Crippen LogP contribution in [0.25, 0.3) is 0 Å². The van der Waals surface area contributed by atoms with Crippen LogP contribution in [0.4, 0.5) is 0 Å². The first-order chi connectivity index (χ1) is 10.0. The topological polar surface area (TPSA) is 58.8 Å². The van der Waals surface area contributed by atoms with E-state index in [4.69, 9.17) is 10.5 Å². The first kappa shape index (κ1) is 18.4. The van der Waals surface area contributed by atoms with Crippen LogP contribution < -0.4 is 5.73 Å². The molecule has 1 aliphatic rings. The second-order valence-corrected chi connectivity index (χ2v) is 6.06. The Labute approximate surface area is 129 Å². The van der Waals surface area contributed by atoms with Crippen LogP contribution in [0, 0.1) is 5.92 Å². The Kier molecular flexibility index (Phi) is 7.63. The van der Waals surface area contributed by atoms with Crippen LogP contribution in [0.3, 0.4) is 0 Å². The summed E-state index contributed by atoms with van der Waals surface area (Å²) in [6.07, 6.45) is 3.20. The molecule has 5 heteroatoms. The molecule has 0 heterocycles. The summed E-state index contributed by atoms with van der Waals surface area (Å²) in [6, 6.07) is 0. The van der Waals surface area contributed by atoms with Crippen molar-refractivity contribution in [2.75, 3.05) is 46.4 Å². The fraction of sp³-hybridized carbons (Fsp3) is 0.938. The van der Waals surface area contributed by atoms with Crippen molar-refractivity contribution in [1.82, 2.24) is 9.80 Å². The second-order valence-electron chi connectivity index (χ2n) is 6.06. The molecule has 0 spiro atoms. The largest absolute Gasteiger partial charge is 0.468 e. The molecule has 2 N–H and O–H groups in total. The molecule has 0 aliphatic heterocycles. The van der Waals surface area contributed by atoms with Gasteiger partial charge in [0.15, 0.2) is 0 Å². The van der Waals surface area contributed by atoms with Gasteiger partial charge in [-0.2, -0.15) is 0 Å². The lowest BCUT2D eigenvalue weighted by Gasteiger charge is -2.33. The smallest absolute Gasteiger partial charge is 0.327 e. The second kappa shape index (κ2) is 8.71. The van der Waals surface area contributed by atoms with Gasteiger partial charge in [0.2, 0.25) is 0 Å². The summed E-state index contributed by atoms with van der Waals surface area (Å²) in [5, 5.41) is 0. The first-order valence-electron chi connectivity index (χ1n) is 8.33. The molecule has 0 aromatic carbocycles. The molecule has 0 aromatic heterocycles. The lowest BCUT2D eigenvalue weighted by atomic mass is 9.93. The zero-order valence-corrected chi connectivity index (χ0v) is 14.2. The van der Waals surface area contributed by atoms with Crippen molar-refractivity contribution in [2.24, 2.45) is 11.7 Å². The fourth-order valence-electron chi connectivity index (χ4n) is 2.93. The van der Waals surface area contributed by atoms with Crippen LogP contribution >= 0.6 is 0 Å². The predicted molar refractivity (Wildman–Crippen MR) is 86.2 cm³/mol. The molecule has 1 unspecified atom stereocenters. The van der Waals surface area contributed by atoms with Gasteiger partial charge in [-0.25, -0.2) is 0 Å². The lowest BCUT2D eigenvalue weighted by molar-refractivity contribution is -0.148. The Bertz CT molecular complexity index is 317. The van der Waals surface area contributed by atoms with Gasteiger partial charge in [0.25, 0.3) is 0 Å². The van der Waals surface area contributed by atoms with Gasteiger partial charge in [-0.1, -0.05) is 20.8 Å². The Morgan fingerprint density at radius 1 is 1.14 bits per heavy atom. The van der Waals surface area contributed by atoms with E-state index in [-0.39, 0.29) is 5.97 Å². The summed E-state index contributed by atoms with van der Waals surface area (Å²) in [5.41, 5.74) is 5.57. The third-order valence-electron chi connectivity index (χ3n) is 4.65. The SMILES string of the molecule is CCN(CC)CCCN(CC)CC(N)(C(=O)OC)C1CC1. The number of carbonyl (C=O) groups excluding carboxylic acids is 1. The summed E-state index contributed by atoms with van der Waals surface area (Å²) in [4.78, 5) is 16.8. The van der Waals surface area contributed by atoms with Gasteiger partial charge in [0.05, 0.1) is 7.11 Å². The van der Waals surface area contributed by atoms with Gasteiger partial charge in [0, 0.05) is 6.54 Å². The van der Waals surface area contributed by atoms with Crippen LogP contribution in [0.5, 0.6) is 0 Å². The molecule has 5 nitrogen and oxygen atoms in total. The molecular formula is C16H33N3O2. The zero-order chi connectivity index (χ0) is 15.9. The highest BCUT2D eigenvalue weighted by molar-refractivity contribution is 5.81. The normalized spacial score (nSPS) is 18.0. The number of hydrogen-bond acceptors (Lipinski definition) is 5.